The van der Waals surface area contributed by atoms with Gasteiger partial charge in [0.2, 0.25) is 5.91 Å². The van der Waals surface area contributed by atoms with Crippen LogP contribution in [0.4, 0.5) is 4.79 Å². The summed E-state index contributed by atoms with van der Waals surface area (Å²) in [7, 11) is 0. The molecule has 2 saturated heterocycles. The number of phenols is 1. The molecule has 1 N–H and O–H groups in total. The first-order valence-electron chi connectivity index (χ1n) is 7.65. The van der Waals surface area contributed by atoms with Crippen molar-refractivity contribution < 1.29 is 24.2 Å². The van der Waals surface area contributed by atoms with Crippen LogP contribution < -0.4 is 0 Å². The summed E-state index contributed by atoms with van der Waals surface area (Å²) in [5.74, 6) is -0.736. The highest BCUT2D eigenvalue weighted by Gasteiger charge is 2.37. The van der Waals surface area contributed by atoms with Crippen LogP contribution >= 0.6 is 56.9 Å². The van der Waals surface area contributed by atoms with Gasteiger partial charge in [-0.3, -0.25) is 19.3 Å². The van der Waals surface area contributed by atoms with Crippen LogP contribution in [0, 0.1) is 7.14 Å². The van der Waals surface area contributed by atoms with E-state index in [9.17, 15) is 19.5 Å². The third-order valence-corrected chi connectivity index (χ3v) is 6.23. The lowest BCUT2D eigenvalue weighted by molar-refractivity contribution is -0.139. The summed E-state index contributed by atoms with van der Waals surface area (Å²) >= 11 is 4.89. The maximum absolute atomic E-state index is 12.6. The van der Waals surface area contributed by atoms with E-state index in [2.05, 4.69) is 22.6 Å². The Morgan fingerprint density at radius 2 is 1.96 bits per heavy atom. The van der Waals surface area contributed by atoms with Gasteiger partial charge in [0.05, 0.1) is 21.7 Å². The highest BCUT2D eigenvalue weighted by Crippen LogP contribution is 2.35. The fraction of sp³-hybridized carbons (Fsp3) is 0.312. The van der Waals surface area contributed by atoms with Crippen molar-refractivity contribution in [2.45, 2.75) is 0 Å². The minimum Gasteiger partial charge on any atom is -0.506 e. The molecule has 2 aliphatic heterocycles. The van der Waals surface area contributed by atoms with Crippen LogP contribution in [0.25, 0.3) is 6.08 Å². The SMILES string of the molecule is O=C(CN1C(=O)S/C(=C/c2cc(I)cc(I)c2O)C1=O)N1CCOCC1. The molecule has 2 aliphatic rings. The first kappa shape index (κ1) is 19.9. The zero-order valence-electron chi connectivity index (χ0n) is 13.4. The average Bonchev–Trinajstić information content (AvgIpc) is 2.87. The zero-order chi connectivity index (χ0) is 18.8. The number of morpholine rings is 1. The van der Waals surface area contributed by atoms with Crippen molar-refractivity contribution in [2.24, 2.45) is 0 Å². The molecule has 0 saturated carbocycles. The number of aromatic hydroxyl groups is 1. The number of benzene rings is 1. The van der Waals surface area contributed by atoms with Crippen molar-refractivity contribution >= 4 is 80.1 Å². The molecule has 3 amide bonds. The Balaban J connectivity index is 1.77. The number of hydrogen-bond acceptors (Lipinski definition) is 6. The van der Waals surface area contributed by atoms with Crippen LogP contribution in [-0.2, 0) is 14.3 Å². The monoisotopic (exact) mass is 600 g/mol. The van der Waals surface area contributed by atoms with Gasteiger partial charge in [-0.25, -0.2) is 0 Å². The van der Waals surface area contributed by atoms with Gasteiger partial charge in [0.15, 0.2) is 0 Å². The van der Waals surface area contributed by atoms with E-state index in [1.807, 2.05) is 22.6 Å². The van der Waals surface area contributed by atoms with Crippen molar-refractivity contribution in [2.75, 3.05) is 32.8 Å². The molecule has 138 valence electrons. The highest BCUT2D eigenvalue weighted by atomic mass is 127. The Kier molecular flexibility index (Phi) is 6.45. The van der Waals surface area contributed by atoms with E-state index in [-0.39, 0.29) is 23.1 Å². The first-order chi connectivity index (χ1) is 12.4. The Morgan fingerprint density at radius 3 is 2.65 bits per heavy atom. The average molecular weight is 600 g/mol. The van der Waals surface area contributed by atoms with Crippen LogP contribution in [0.3, 0.4) is 0 Å². The quantitative estimate of drug-likeness (QED) is 0.424. The third kappa shape index (κ3) is 4.34. The molecular weight excluding hydrogens is 586 g/mol. The lowest BCUT2D eigenvalue weighted by Gasteiger charge is -2.28. The van der Waals surface area contributed by atoms with Crippen LogP contribution in [0.2, 0.25) is 0 Å². The largest absolute Gasteiger partial charge is 0.506 e. The van der Waals surface area contributed by atoms with Crippen molar-refractivity contribution in [1.82, 2.24) is 9.80 Å². The Hall–Kier alpha value is -0.860. The van der Waals surface area contributed by atoms with E-state index in [1.54, 1.807) is 17.0 Å². The maximum Gasteiger partial charge on any atom is 0.294 e. The zero-order valence-corrected chi connectivity index (χ0v) is 18.5. The second-order valence-electron chi connectivity index (χ2n) is 5.59. The van der Waals surface area contributed by atoms with E-state index < -0.39 is 11.1 Å². The van der Waals surface area contributed by atoms with Gasteiger partial charge in [-0.2, -0.15) is 0 Å². The summed E-state index contributed by atoms with van der Waals surface area (Å²) in [5, 5.41) is 9.69. The topological polar surface area (TPSA) is 87.2 Å². The number of rotatable bonds is 3. The molecule has 7 nitrogen and oxygen atoms in total. The molecule has 2 fully saturated rings. The second kappa shape index (κ2) is 8.44. The molecule has 0 spiro atoms. The molecule has 3 rings (SSSR count). The molecule has 0 radical (unpaired) electrons. The molecule has 0 aromatic heterocycles. The van der Waals surface area contributed by atoms with E-state index in [0.717, 1.165) is 20.2 Å². The molecule has 0 aliphatic carbocycles. The summed E-state index contributed by atoms with van der Waals surface area (Å²) in [6, 6.07) is 3.53. The number of phenolic OH excluding ortho intramolecular Hbond substituents is 1. The fourth-order valence-corrected chi connectivity index (χ4v) is 5.24. The van der Waals surface area contributed by atoms with E-state index in [4.69, 9.17) is 4.74 Å². The molecule has 10 heteroatoms. The van der Waals surface area contributed by atoms with E-state index >= 15 is 0 Å². The van der Waals surface area contributed by atoms with Crippen molar-refractivity contribution in [3.8, 4) is 5.75 Å². The van der Waals surface area contributed by atoms with Crippen LogP contribution in [0.15, 0.2) is 17.0 Å². The number of thioether (sulfide) groups is 1. The standard InChI is InChI=1S/C16H14I2N2O5S/c17-10-5-9(14(22)11(18)7-10)6-12-15(23)20(16(24)26-12)8-13(21)19-1-3-25-4-2-19/h5-7,22H,1-4,8H2/b12-6+. The molecule has 26 heavy (non-hydrogen) atoms. The van der Waals surface area contributed by atoms with Gasteiger partial charge in [0.25, 0.3) is 11.1 Å². The van der Waals surface area contributed by atoms with Crippen LogP contribution in [-0.4, -0.2) is 64.8 Å². The van der Waals surface area contributed by atoms with Gasteiger partial charge in [0, 0.05) is 22.2 Å². The van der Waals surface area contributed by atoms with Gasteiger partial charge in [-0.05, 0) is 75.2 Å². The van der Waals surface area contributed by atoms with Crippen molar-refractivity contribution in [3.63, 3.8) is 0 Å². The third-order valence-electron chi connectivity index (χ3n) is 3.88. The molecule has 1 aromatic carbocycles. The van der Waals surface area contributed by atoms with Crippen molar-refractivity contribution in [1.29, 1.82) is 0 Å². The minimum atomic E-state index is -0.519. The number of imide groups is 1. The van der Waals surface area contributed by atoms with Crippen molar-refractivity contribution in [3.05, 3.63) is 29.7 Å². The number of carbonyl (C=O) groups is 3. The van der Waals surface area contributed by atoms with Gasteiger partial charge in [-0.1, -0.05) is 0 Å². The number of carbonyl (C=O) groups excluding carboxylic acids is 3. The molecule has 1 aromatic rings. The predicted octanol–water partition coefficient (Wildman–Crippen LogP) is 2.50. The number of halogens is 2. The van der Waals surface area contributed by atoms with E-state index in [0.29, 0.717) is 35.4 Å². The van der Waals surface area contributed by atoms with Gasteiger partial charge < -0.3 is 14.7 Å². The van der Waals surface area contributed by atoms with Gasteiger partial charge in [-0.15, -0.1) is 0 Å². The maximum atomic E-state index is 12.6. The van der Waals surface area contributed by atoms with Crippen LogP contribution in [0.5, 0.6) is 5.75 Å². The summed E-state index contributed by atoms with van der Waals surface area (Å²) in [5.41, 5.74) is 0.464. The molecule has 0 atom stereocenters. The fourth-order valence-electron chi connectivity index (χ4n) is 2.52. The Morgan fingerprint density at radius 1 is 1.27 bits per heavy atom. The number of amides is 3. The summed E-state index contributed by atoms with van der Waals surface area (Å²) in [6.45, 7) is 1.55. The smallest absolute Gasteiger partial charge is 0.294 e. The van der Waals surface area contributed by atoms with E-state index in [1.165, 1.54) is 6.08 Å². The predicted molar refractivity (Wildman–Crippen MR) is 114 cm³/mol. The van der Waals surface area contributed by atoms with Gasteiger partial charge in [0.1, 0.15) is 12.3 Å². The Labute approximate surface area is 181 Å². The highest BCUT2D eigenvalue weighted by molar-refractivity contribution is 14.1. The lowest BCUT2D eigenvalue weighted by atomic mass is 10.2. The molecule has 0 bridgehead atoms. The van der Waals surface area contributed by atoms with Gasteiger partial charge >= 0.3 is 0 Å². The summed E-state index contributed by atoms with van der Waals surface area (Å²) in [6.07, 6.45) is 1.49. The molecule has 0 unspecified atom stereocenters. The molecular formula is C16H14I2N2O5S. The summed E-state index contributed by atoms with van der Waals surface area (Å²) in [4.78, 5) is 39.8. The Bertz CT molecular complexity index is 808. The molecule has 2 heterocycles. The lowest BCUT2D eigenvalue weighted by Crippen LogP contribution is -2.46. The number of nitrogens with zero attached hydrogens (tertiary/aromatic N) is 2. The minimum absolute atomic E-state index is 0.0576. The first-order valence-corrected chi connectivity index (χ1v) is 10.6. The normalized spacial score (nSPS) is 19.5. The van der Waals surface area contributed by atoms with Crippen LogP contribution in [0.1, 0.15) is 5.56 Å². The second-order valence-corrected chi connectivity index (χ2v) is 8.99. The number of ether oxygens (including phenoxy) is 1. The number of hydrogen-bond donors (Lipinski definition) is 1. The summed E-state index contributed by atoms with van der Waals surface area (Å²) < 4.78 is 6.75.